The summed E-state index contributed by atoms with van der Waals surface area (Å²) in [7, 11) is 5.00. The lowest BCUT2D eigenvalue weighted by atomic mass is 9.92. The molecule has 1 rings (SSSR count). The molecule has 0 aromatic heterocycles. The Labute approximate surface area is 136 Å². The van der Waals surface area contributed by atoms with Crippen LogP contribution in [-0.2, 0) is 25.5 Å². The van der Waals surface area contributed by atoms with Crippen molar-refractivity contribution >= 4 is 23.4 Å². The molecule has 0 saturated carbocycles. The van der Waals surface area contributed by atoms with E-state index in [-0.39, 0.29) is 18.8 Å². The van der Waals surface area contributed by atoms with Gasteiger partial charge in [-0.2, -0.15) is 0 Å². The zero-order chi connectivity index (χ0) is 17.6. The highest BCUT2D eigenvalue weighted by Crippen LogP contribution is 2.22. The number of carbonyl (C=O) groups excluding carboxylic acids is 3. The number of carbonyl (C=O) groups is 3. The van der Waals surface area contributed by atoms with Gasteiger partial charge in [-0.1, -0.05) is 6.07 Å². The zero-order valence-electron chi connectivity index (χ0n) is 14.2. The Morgan fingerprint density at radius 3 is 2.35 bits per heavy atom. The quantitative estimate of drug-likeness (QED) is 0.564. The van der Waals surface area contributed by atoms with Crippen LogP contribution in [0.5, 0.6) is 0 Å². The van der Waals surface area contributed by atoms with Gasteiger partial charge in [0.25, 0.3) is 0 Å². The Hall–Kier alpha value is -2.37. The first-order valence-corrected chi connectivity index (χ1v) is 7.37. The summed E-state index contributed by atoms with van der Waals surface area (Å²) < 4.78 is 9.75. The first kappa shape index (κ1) is 18.7. The molecule has 23 heavy (non-hydrogen) atoms. The van der Waals surface area contributed by atoms with Gasteiger partial charge in [0.15, 0.2) is 0 Å². The summed E-state index contributed by atoms with van der Waals surface area (Å²) in [6, 6.07) is 5.24. The summed E-state index contributed by atoms with van der Waals surface area (Å²) in [5.74, 6) is -2.30. The Bertz CT molecular complexity index is 595. The van der Waals surface area contributed by atoms with Crippen LogP contribution in [0.1, 0.15) is 29.8 Å². The molecule has 0 aliphatic heterocycles. The van der Waals surface area contributed by atoms with Gasteiger partial charge in [-0.15, -0.1) is 0 Å². The molecule has 6 nitrogen and oxygen atoms in total. The van der Waals surface area contributed by atoms with Crippen molar-refractivity contribution < 1.29 is 23.9 Å². The van der Waals surface area contributed by atoms with E-state index in [0.29, 0.717) is 11.1 Å². The van der Waals surface area contributed by atoms with E-state index in [2.05, 4.69) is 0 Å². The number of ketones is 1. The van der Waals surface area contributed by atoms with Crippen LogP contribution in [-0.4, -0.2) is 45.5 Å². The number of hydrogen-bond donors (Lipinski definition) is 0. The molecule has 0 radical (unpaired) electrons. The Morgan fingerprint density at radius 1 is 1.22 bits per heavy atom. The van der Waals surface area contributed by atoms with E-state index in [1.807, 2.05) is 25.1 Å². The molecule has 0 saturated heterocycles. The molecular weight excluding hydrogens is 298 g/mol. The SMILES string of the molecule is CCOC(=O)C(Cc1ccc(N(C)C)cc1C(=O)OC)C(C)=O. The van der Waals surface area contributed by atoms with Gasteiger partial charge in [-0.3, -0.25) is 9.59 Å². The van der Waals surface area contributed by atoms with Crippen molar-refractivity contribution in [3.8, 4) is 0 Å². The van der Waals surface area contributed by atoms with E-state index in [1.165, 1.54) is 14.0 Å². The molecule has 0 N–H and O–H groups in total. The van der Waals surface area contributed by atoms with Gasteiger partial charge in [-0.25, -0.2) is 4.79 Å². The summed E-state index contributed by atoms with van der Waals surface area (Å²) in [6.45, 7) is 3.22. The smallest absolute Gasteiger partial charge is 0.338 e. The van der Waals surface area contributed by atoms with Gasteiger partial charge in [0.05, 0.1) is 19.3 Å². The number of anilines is 1. The number of methoxy groups -OCH3 is 1. The number of rotatable bonds is 7. The van der Waals surface area contributed by atoms with Gasteiger partial charge in [0, 0.05) is 19.8 Å². The summed E-state index contributed by atoms with van der Waals surface area (Å²) in [5.41, 5.74) is 1.75. The standard InChI is InChI=1S/C17H23NO5/c1-6-23-17(21)14(11(2)19)9-12-7-8-13(18(3)4)10-15(12)16(20)22-5/h7-8,10,14H,6,9H2,1-5H3. The third kappa shape index (κ3) is 4.81. The fourth-order valence-electron chi connectivity index (χ4n) is 2.18. The van der Waals surface area contributed by atoms with Crippen molar-refractivity contribution in [2.24, 2.45) is 5.92 Å². The Kier molecular flexibility index (Phi) is 6.75. The average molecular weight is 321 g/mol. The van der Waals surface area contributed by atoms with Crippen LogP contribution in [0.4, 0.5) is 5.69 Å². The molecule has 0 heterocycles. The van der Waals surface area contributed by atoms with Gasteiger partial charge in [-0.05, 0) is 38.0 Å². The van der Waals surface area contributed by atoms with E-state index in [9.17, 15) is 14.4 Å². The van der Waals surface area contributed by atoms with Crippen LogP contribution in [0.25, 0.3) is 0 Å². The molecule has 1 aromatic carbocycles. The maximum absolute atomic E-state index is 12.0. The summed E-state index contributed by atoms with van der Waals surface area (Å²) in [4.78, 5) is 37.6. The average Bonchev–Trinajstić information content (AvgIpc) is 2.51. The van der Waals surface area contributed by atoms with E-state index >= 15 is 0 Å². The van der Waals surface area contributed by atoms with E-state index in [0.717, 1.165) is 5.69 Å². The van der Waals surface area contributed by atoms with Crippen molar-refractivity contribution in [1.29, 1.82) is 0 Å². The number of hydrogen-bond acceptors (Lipinski definition) is 6. The van der Waals surface area contributed by atoms with Gasteiger partial charge < -0.3 is 14.4 Å². The zero-order valence-corrected chi connectivity index (χ0v) is 14.2. The first-order chi connectivity index (χ1) is 10.8. The van der Waals surface area contributed by atoms with E-state index in [1.54, 1.807) is 19.1 Å². The van der Waals surface area contributed by atoms with Gasteiger partial charge >= 0.3 is 11.9 Å². The molecule has 1 unspecified atom stereocenters. The highest BCUT2D eigenvalue weighted by molar-refractivity contribution is 5.99. The minimum absolute atomic E-state index is 0.103. The number of Topliss-reactive ketones (excluding diaryl/α,β-unsaturated/α-hetero) is 1. The predicted molar refractivity (Wildman–Crippen MR) is 86.6 cm³/mol. The normalized spacial score (nSPS) is 11.5. The summed E-state index contributed by atoms with van der Waals surface area (Å²) in [5, 5.41) is 0. The molecule has 0 spiro atoms. The largest absolute Gasteiger partial charge is 0.465 e. The van der Waals surface area contributed by atoms with Crippen molar-refractivity contribution in [2.45, 2.75) is 20.3 Å². The monoisotopic (exact) mass is 321 g/mol. The van der Waals surface area contributed by atoms with Crippen LogP contribution < -0.4 is 4.90 Å². The molecular formula is C17H23NO5. The first-order valence-electron chi connectivity index (χ1n) is 7.37. The number of nitrogens with zero attached hydrogens (tertiary/aromatic N) is 1. The second-order valence-electron chi connectivity index (χ2n) is 5.35. The lowest BCUT2D eigenvalue weighted by Gasteiger charge is -2.18. The highest BCUT2D eigenvalue weighted by Gasteiger charge is 2.27. The molecule has 0 bridgehead atoms. The summed E-state index contributed by atoms with van der Waals surface area (Å²) >= 11 is 0. The topological polar surface area (TPSA) is 72.9 Å². The Morgan fingerprint density at radius 2 is 1.87 bits per heavy atom. The molecule has 126 valence electrons. The molecule has 0 fully saturated rings. The molecule has 0 aliphatic carbocycles. The van der Waals surface area contributed by atoms with E-state index in [4.69, 9.17) is 9.47 Å². The molecule has 0 amide bonds. The molecule has 1 aromatic rings. The minimum Gasteiger partial charge on any atom is -0.465 e. The third-order valence-corrected chi connectivity index (χ3v) is 3.50. The molecule has 1 atom stereocenters. The van der Waals surface area contributed by atoms with Crippen molar-refractivity contribution in [3.05, 3.63) is 29.3 Å². The fourth-order valence-corrected chi connectivity index (χ4v) is 2.18. The molecule has 6 heteroatoms. The van der Waals surface area contributed by atoms with Crippen molar-refractivity contribution in [3.63, 3.8) is 0 Å². The maximum atomic E-state index is 12.0. The van der Waals surface area contributed by atoms with E-state index < -0.39 is 17.9 Å². The van der Waals surface area contributed by atoms with Crippen molar-refractivity contribution in [2.75, 3.05) is 32.7 Å². The minimum atomic E-state index is -0.927. The fraction of sp³-hybridized carbons (Fsp3) is 0.471. The number of esters is 2. The summed E-state index contributed by atoms with van der Waals surface area (Å²) in [6.07, 6.45) is 0.103. The third-order valence-electron chi connectivity index (χ3n) is 3.50. The number of ether oxygens (including phenoxy) is 2. The predicted octanol–water partition coefficient (Wildman–Crippen LogP) is 1.85. The van der Waals surface area contributed by atoms with Gasteiger partial charge in [0.2, 0.25) is 0 Å². The number of benzene rings is 1. The van der Waals surface area contributed by atoms with Crippen LogP contribution in [0, 0.1) is 5.92 Å². The molecule has 0 aliphatic rings. The van der Waals surface area contributed by atoms with Gasteiger partial charge in [0.1, 0.15) is 11.7 Å². The van der Waals surface area contributed by atoms with Crippen molar-refractivity contribution in [1.82, 2.24) is 0 Å². The maximum Gasteiger partial charge on any atom is 0.338 e. The second kappa shape index (κ2) is 8.31. The Balaban J connectivity index is 3.21. The van der Waals surface area contributed by atoms with Crippen LogP contribution >= 0.6 is 0 Å². The van der Waals surface area contributed by atoms with Crippen LogP contribution in [0.2, 0.25) is 0 Å². The van der Waals surface area contributed by atoms with Crippen LogP contribution in [0.15, 0.2) is 18.2 Å². The lowest BCUT2D eigenvalue weighted by molar-refractivity contribution is -0.151. The highest BCUT2D eigenvalue weighted by atomic mass is 16.5. The lowest BCUT2D eigenvalue weighted by Crippen LogP contribution is -2.27. The second-order valence-corrected chi connectivity index (χ2v) is 5.35. The van der Waals surface area contributed by atoms with Crippen LogP contribution in [0.3, 0.4) is 0 Å².